The molecule has 0 spiro atoms. The van der Waals surface area contributed by atoms with Crippen molar-refractivity contribution in [2.24, 2.45) is 0 Å². The highest BCUT2D eigenvalue weighted by Gasteiger charge is 2.18. The third-order valence-corrected chi connectivity index (χ3v) is 2.62. The minimum absolute atomic E-state index is 0.0158. The lowest BCUT2D eigenvalue weighted by Gasteiger charge is -2.25. The largest absolute Gasteiger partial charge is 0.397 e. The Morgan fingerprint density at radius 1 is 1.12 bits per heavy atom. The summed E-state index contributed by atoms with van der Waals surface area (Å²) in [6.07, 6.45) is 0. The average Bonchev–Trinajstić information content (AvgIpc) is 2.17. The van der Waals surface area contributed by atoms with Gasteiger partial charge in [-0.15, -0.1) is 0 Å². The van der Waals surface area contributed by atoms with Crippen LogP contribution in [-0.2, 0) is 5.54 Å². The van der Waals surface area contributed by atoms with Crippen molar-refractivity contribution in [2.75, 3.05) is 5.73 Å². The number of fused-ring (bicyclic) bond motifs is 1. The van der Waals surface area contributed by atoms with E-state index in [0.717, 1.165) is 10.9 Å². The van der Waals surface area contributed by atoms with E-state index < -0.39 is 0 Å². The molecule has 0 saturated heterocycles. The first kappa shape index (κ1) is 10.7. The summed E-state index contributed by atoms with van der Waals surface area (Å²) in [4.78, 5) is 11.9. The monoisotopic (exact) mass is 216 g/mol. The highest BCUT2D eigenvalue weighted by Crippen LogP contribution is 2.24. The zero-order valence-electron chi connectivity index (χ0n) is 9.82. The van der Waals surface area contributed by atoms with Crippen molar-refractivity contribution in [2.45, 2.75) is 26.3 Å². The van der Waals surface area contributed by atoms with E-state index in [-0.39, 0.29) is 11.1 Å². The van der Waals surface area contributed by atoms with Gasteiger partial charge in [0.25, 0.3) is 5.56 Å². The molecular weight excluding hydrogens is 200 g/mol. The summed E-state index contributed by atoms with van der Waals surface area (Å²) >= 11 is 0. The van der Waals surface area contributed by atoms with Crippen molar-refractivity contribution in [3.63, 3.8) is 0 Å². The molecule has 1 heterocycles. The van der Waals surface area contributed by atoms with Crippen molar-refractivity contribution in [3.05, 3.63) is 40.7 Å². The van der Waals surface area contributed by atoms with Crippen molar-refractivity contribution in [1.82, 2.24) is 4.57 Å². The van der Waals surface area contributed by atoms with Gasteiger partial charge in [0, 0.05) is 17.0 Å². The number of benzene rings is 1. The van der Waals surface area contributed by atoms with Gasteiger partial charge < -0.3 is 10.3 Å². The van der Waals surface area contributed by atoms with Crippen LogP contribution in [0.25, 0.3) is 10.9 Å². The summed E-state index contributed by atoms with van der Waals surface area (Å²) in [7, 11) is 0. The van der Waals surface area contributed by atoms with Crippen LogP contribution in [0.1, 0.15) is 20.8 Å². The summed E-state index contributed by atoms with van der Waals surface area (Å²) in [5.41, 5.74) is 7.14. The number of nitrogens with zero attached hydrogens (tertiary/aromatic N) is 1. The Morgan fingerprint density at radius 3 is 2.44 bits per heavy atom. The third kappa shape index (κ3) is 1.58. The number of hydrogen-bond donors (Lipinski definition) is 1. The lowest BCUT2D eigenvalue weighted by Crippen LogP contribution is -2.33. The van der Waals surface area contributed by atoms with Gasteiger partial charge >= 0.3 is 0 Å². The fourth-order valence-corrected chi connectivity index (χ4v) is 1.98. The molecule has 0 unspecified atom stereocenters. The molecule has 0 radical (unpaired) electrons. The van der Waals surface area contributed by atoms with Gasteiger partial charge in [0.2, 0.25) is 0 Å². The average molecular weight is 216 g/mol. The van der Waals surface area contributed by atoms with Crippen LogP contribution in [0.4, 0.5) is 5.69 Å². The Labute approximate surface area is 94.5 Å². The predicted molar refractivity (Wildman–Crippen MR) is 67.6 cm³/mol. The summed E-state index contributed by atoms with van der Waals surface area (Å²) in [6.45, 7) is 6.00. The van der Waals surface area contributed by atoms with Crippen molar-refractivity contribution >= 4 is 16.6 Å². The van der Waals surface area contributed by atoms with Crippen molar-refractivity contribution in [1.29, 1.82) is 0 Å². The number of rotatable bonds is 0. The second kappa shape index (κ2) is 3.37. The van der Waals surface area contributed by atoms with Crippen LogP contribution >= 0.6 is 0 Å². The summed E-state index contributed by atoms with van der Waals surface area (Å²) < 4.78 is 1.75. The van der Waals surface area contributed by atoms with Crippen LogP contribution in [0.5, 0.6) is 0 Å². The molecule has 2 aromatic rings. The van der Waals surface area contributed by atoms with E-state index in [0.29, 0.717) is 5.69 Å². The minimum atomic E-state index is -0.272. The van der Waals surface area contributed by atoms with Crippen LogP contribution in [0.15, 0.2) is 35.1 Å². The van der Waals surface area contributed by atoms with Gasteiger partial charge in [-0.25, -0.2) is 0 Å². The molecule has 0 aliphatic rings. The Balaban J connectivity index is 3.01. The molecule has 3 nitrogen and oxygen atoms in total. The zero-order valence-corrected chi connectivity index (χ0v) is 9.82. The minimum Gasteiger partial charge on any atom is -0.397 e. The molecule has 0 bridgehead atoms. The number of pyridine rings is 1. The molecule has 0 amide bonds. The van der Waals surface area contributed by atoms with Crippen molar-refractivity contribution in [3.8, 4) is 0 Å². The Morgan fingerprint density at radius 2 is 1.81 bits per heavy atom. The van der Waals surface area contributed by atoms with Crippen molar-refractivity contribution < 1.29 is 0 Å². The van der Waals surface area contributed by atoms with Gasteiger partial charge in [-0.05, 0) is 32.9 Å². The van der Waals surface area contributed by atoms with Gasteiger partial charge in [-0.1, -0.05) is 12.1 Å². The lowest BCUT2D eigenvalue weighted by atomic mass is 10.1. The number of hydrogen-bond acceptors (Lipinski definition) is 2. The maximum absolute atomic E-state index is 11.9. The third-order valence-electron chi connectivity index (χ3n) is 2.62. The summed E-state index contributed by atoms with van der Waals surface area (Å²) in [6, 6.07) is 9.09. The van der Waals surface area contributed by atoms with Gasteiger partial charge in [0.05, 0.1) is 11.2 Å². The maximum Gasteiger partial charge on any atom is 0.251 e. The second-order valence-electron chi connectivity index (χ2n) is 4.96. The normalized spacial score (nSPS) is 11.9. The van der Waals surface area contributed by atoms with Gasteiger partial charge in [-0.2, -0.15) is 0 Å². The quantitative estimate of drug-likeness (QED) is 0.687. The smallest absolute Gasteiger partial charge is 0.251 e. The molecule has 0 fully saturated rings. The van der Waals surface area contributed by atoms with E-state index in [1.807, 2.05) is 45.0 Å². The highest BCUT2D eigenvalue weighted by molar-refractivity contribution is 5.89. The second-order valence-corrected chi connectivity index (χ2v) is 4.96. The molecule has 1 aromatic carbocycles. The fourth-order valence-electron chi connectivity index (χ4n) is 1.98. The van der Waals surface area contributed by atoms with E-state index >= 15 is 0 Å². The van der Waals surface area contributed by atoms with E-state index in [2.05, 4.69) is 0 Å². The Kier molecular flexibility index (Phi) is 2.26. The van der Waals surface area contributed by atoms with Crippen LogP contribution in [0.2, 0.25) is 0 Å². The van der Waals surface area contributed by atoms with Crippen LogP contribution in [0, 0.1) is 0 Å². The molecular formula is C13H16N2O. The molecule has 3 heteroatoms. The molecule has 2 N–H and O–H groups in total. The standard InChI is InChI=1S/C13H16N2O/c1-13(2,3)15-11(16)8-7-9-5-4-6-10(14)12(9)15/h4-8H,14H2,1-3H3. The SMILES string of the molecule is CC(C)(C)n1c(=O)ccc2cccc(N)c21. The summed E-state index contributed by atoms with van der Waals surface area (Å²) in [5.74, 6) is 0. The Hall–Kier alpha value is -1.77. The topological polar surface area (TPSA) is 48.0 Å². The Bertz CT molecular complexity index is 591. The maximum atomic E-state index is 11.9. The first-order chi connectivity index (χ1) is 7.41. The number of nitrogens with two attached hydrogens (primary N) is 1. The fraction of sp³-hybridized carbons (Fsp3) is 0.308. The highest BCUT2D eigenvalue weighted by atomic mass is 16.1. The number of anilines is 1. The lowest BCUT2D eigenvalue weighted by molar-refractivity contribution is 0.398. The molecule has 0 aliphatic carbocycles. The number of aromatic nitrogens is 1. The number of para-hydroxylation sites is 1. The van der Waals surface area contributed by atoms with Crippen LogP contribution < -0.4 is 11.3 Å². The van der Waals surface area contributed by atoms with Gasteiger partial charge in [-0.3, -0.25) is 4.79 Å². The van der Waals surface area contributed by atoms with Crippen LogP contribution in [-0.4, -0.2) is 4.57 Å². The van der Waals surface area contributed by atoms with Crippen LogP contribution in [0.3, 0.4) is 0 Å². The molecule has 0 atom stereocenters. The number of nitrogen functional groups attached to an aromatic ring is 1. The molecule has 0 saturated carbocycles. The molecule has 84 valence electrons. The van der Waals surface area contributed by atoms with E-state index in [1.165, 1.54) is 0 Å². The first-order valence-corrected chi connectivity index (χ1v) is 5.32. The molecule has 0 aliphatic heterocycles. The molecule has 1 aromatic heterocycles. The van der Waals surface area contributed by atoms with E-state index in [1.54, 1.807) is 10.6 Å². The summed E-state index contributed by atoms with van der Waals surface area (Å²) in [5, 5.41) is 0.995. The first-order valence-electron chi connectivity index (χ1n) is 5.32. The van der Waals surface area contributed by atoms with Gasteiger partial charge in [0.15, 0.2) is 0 Å². The molecule has 16 heavy (non-hydrogen) atoms. The van der Waals surface area contributed by atoms with E-state index in [9.17, 15) is 4.79 Å². The molecule has 2 rings (SSSR count). The van der Waals surface area contributed by atoms with Gasteiger partial charge in [0.1, 0.15) is 0 Å². The van der Waals surface area contributed by atoms with E-state index in [4.69, 9.17) is 5.73 Å². The zero-order chi connectivity index (χ0) is 11.9. The predicted octanol–water partition coefficient (Wildman–Crippen LogP) is 2.34.